The number of carbonyl (C=O) groups excluding carboxylic acids is 1. The van der Waals surface area contributed by atoms with Gasteiger partial charge >= 0.3 is 12.0 Å². The van der Waals surface area contributed by atoms with Crippen molar-refractivity contribution in [3.63, 3.8) is 0 Å². The summed E-state index contributed by atoms with van der Waals surface area (Å²) in [6.07, 6.45) is 0. The highest BCUT2D eigenvalue weighted by molar-refractivity contribution is 5.76. The molecule has 0 aromatic carbocycles. The number of carboxylic acids is 1. The first-order chi connectivity index (χ1) is 9.23. The van der Waals surface area contributed by atoms with E-state index < -0.39 is 11.9 Å². The highest BCUT2D eigenvalue weighted by Crippen LogP contribution is 2.14. The molecule has 0 saturated carbocycles. The van der Waals surface area contributed by atoms with Crippen LogP contribution < -0.4 is 5.32 Å². The molecule has 0 bridgehead atoms. The lowest BCUT2D eigenvalue weighted by atomic mass is 9.96. The van der Waals surface area contributed by atoms with Gasteiger partial charge in [0.05, 0.1) is 5.92 Å². The number of piperazine rings is 1. The first-order valence-electron chi connectivity index (χ1n) is 7.21. The van der Waals surface area contributed by atoms with Crippen molar-refractivity contribution in [3.05, 3.63) is 0 Å². The highest BCUT2D eigenvalue weighted by Gasteiger charge is 2.30. The summed E-state index contributed by atoms with van der Waals surface area (Å²) in [6, 6.07) is 0.457. The third-order valence-electron chi connectivity index (χ3n) is 4.24. The smallest absolute Gasteiger partial charge is 0.317 e. The summed E-state index contributed by atoms with van der Waals surface area (Å²) in [5, 5.41) is 11.9. The Balaban J connectivity index is 2.53. The molecule has 6 nitrogen and oxygen atoms in total. The van der Waals surface area contributed by atoms with Gasteiger partial charge in [0, 0.05) is 31.7 Å². The van der Waals surface area contributed by atoms with Gasteiger partial charge < -0.3 is 15.3 Å². The van der Waals surface area contributed by atoms with Gasteiger partial charge in [-0.15, -0.1) is 0 Å². The lowest BCUT2D eigenvalue weighted by Crippen LogP contribution is -2.58. The SMILES string of the molecule is CC(C)C(CNC(=O)N1CC(C)N(C)C(C)C1)C(=O)O. The van der Waals surface area contributed by atoms with Crippen molar-refractivity contribution in [2.75, 3.05) is 26.7 Å². The van der Waals surface area contributed by atoms with Crippen LogP contribution in [0.3, 0.4) is 0 Å². The van der Waals surface area contributed by atoms with Gasteiger partial charge in [-0.25, -0.2) is 4.79 Å². The Bertz CT molecular complexity index is 348. The average Bonchev–Trinajstić information content (AvgIpc) is 2.34. The van der Waals surface area contributed by atoms with Crippen molar-refractivity contribution < 1.29 is 14.7 Å². The molecule has 0 aromatic rings. The van der Waals surface area contributed by atoms with Gasteiger partial charge in [0.15, 0.2) is 0 Å². The zero-order valence-electron chi connectivity index (χ0n) is 13.1. The third kappa shape index (κ3) is 4.10. The quantitative estimate of drug-likeness (QED) is 0.810. The lowest BCUT2D eigenvalue weighted by molar-refractivity contribution is -0.142. The number of rotatable bonds is 4. The summed E-state index contributed by atoms with van der Waals surface area (Å²) < 4.78 is 0. The molecule has 1 heterocycles. The molecule has 1 aliphatic rings. The van der Waals surface area contributed by atoms with Crippen molar-refractivity contribution in [1.29, 1.82) is 0 Å². The maximum atomic E-state index is 12.1. The van der Waals surface area contributed by atoms with E-state index in [1.165, 1.54) is 0 Å². The summed E-state index contributed by atoms with van der Waals surface area (Å²) in [6.45, 7) is 9.41. The van der Waals surface area contributed by atoms with E-state index in [1.807, 2.05) is 13.8 Å². The fourth-order valence-electron chi connectivity index (χ4n) is 2.49. The molecule has 116 valence electrons. The van der Waals surface area contributed by atoms with Crippen LogP contribution >= 0.6 is 0 Å². The monoisotopic (exact) mass is 285 g/mol. The molecule has 20 heavy (non-hydrogen) atoms. The minimum Gasteiger partial charge on any atom is -0.481 e. The van der Waals surface area contributed by atoms with Crippen LogP contribution in [0, 0.1) is 11.8 Å². The molecule has 3 atom stereocenters. The van der Waals surface area contributed by atoms with Crippen molar-refractivity contribution in [2.45, 2.75) is 39.8 Å². The van der Waals surface area contributed by atoms with E-state index in [2.05, 4.69) is 31.1 Å². The second-order valence-corrected chi connectivity index (χ2v) is 6.14. The molecule has 2 N–H and O–H groups in total. The van der Waals surface area contributed by atoms with Crippen LogP contribution in [0.4, 0.5) is 4.79 Å². The number of aliphatic carboxylic acids is 1. The van der Waals surface area contributed by atoms with Crippen molar-refractivity contribution >= 4 is 12.0 Å². The van der Waals surface area contributed by atoms with E-state index in [0.717, 1.165) is 0 Å². The Kier molecular flexibility index (Phi) is 5.80. The van der Waals surface area contributed by atoms with Gasteiger partial charge in [-0.05, 0) is 26.8 Å². The number of carboxylic acid groups (broad SMARTS) is 1. The molecule has 0 radical (unpaired) electrons. The molecule has 0 aromatic heterocycles. The summed E-state index contributed by atoms with van der Waals surface area (Å²) in [5.74, 6) is -1.40. The number of amides is 2. The Morgan fingerprint density at radius 1 is 1.25 bits per heavy atom. The number of nitrogens with one attached hydrogen (secondary N) is 1. The molecule has 0 spiro atoms. The van der Waals surface area contributed by atoms with E-state index in [9.17, 15) is 9.59 Å². The fraction of sp³-hybridized carbons (Fsp3) is 0.857. The molecule has 2 amide bonds. The highest BCUT2D eigenvalue weighted by atomic mass is 16.4. The van der Waals surface area contributed by atoms with E-state index >= 15 is 0 Å². The van der Waals surface area contributed by atoms with Crippen LogP contribution in [-0.2, 0) is 4.79 Å². The van der Waals surface area contributed by atoms with Crippen LogP contribution in [0.5, 0.6) is 0 Å². The first kappa shape index (κ1) is 16.8. The molecular formula is C14H27N3O3. The van der Waals surface area contributed by atoms with Crippen LogP contribution in [0.25, 0.3) is 0 Å². The second kappa shape index (κ2) is 6.92. The molecular weight excluding hydrogens is 258 g/mol. The number of hydrogen-bond donors (Lipinski definition) is 2. The standard InChI is InChI=1S/C14H27N3O3/c1-9(2)12(13(18)19)6-15-14(20)17-7-10(3)16(5)11(4)8-17/h9-12H,6-8H2,1-5H3,(H,15,20)(H,18,19). The molecule has 0 aliphatic carbocycles. The predicted molar refractivity (Wildman–Crippen MR) is 77.6 cm³/mol. The van der Waals surface area contributed by atoms with Gasteiger partial charge in [-0.3, -0.25) is 9.69 Å². The lowest BCUT2D eigenvalue weighted by Gasteiger charge is -2.42. The van der Waals surface area contributed by atoms with Crippen LogP contribution in [0.1, 0.15) is 27.7 Å². The summed E-state index contributed by atoms with van der Waals surface area (Å²) >= 11 is 0. The number of nitrogens with zero attached hydrogens (tertiary/aromatic N) is 2. The third-order valence-corrected chi connectivity index (χ3v) is 4.24. The largest absolute Gasteiger partial charge is 0.481 e. The zero-order valence-corrected chi connectivity index (χ0v) is 13.1. The molecule has 1 fully saturated rings. The molecule has 1 rings (SSSR count). The average molecular weight is 285 g/mol. The van der Waals surface area contributed by atoms with E-state index in [1.54, 1.807) is 4.90 Å². The summed E-state index contributed by atoms with van der Waals surface area (Å²) in [5.41, 5.74) is 0. The van der Waals surface area contributed by atoms with E-state index in [4.69, 9.17) is 5.11 Å². The van der Waals surface area contributed by atoms with Crippen molar-refractivity contribution in [1.82, 2.24) is 15.1 Å². The Morgan fingerprint density at radius 2 is 1.75 bits per heavy atom. The van der Waals surface area contributed by atoms with Crippen LogP contribution in [0.15, 0.2) is 0 Å². The number of hydrogen-bond acceptors (Lipinski definition) is 3. The van der Waals surface area contributed by atoms with Crippen molar-refractivity contribution in [2.24, 2.45) is 11.8 Å². The number of carbonyl (C=O) groups is 2. The maximum Gasteiger partial charge on any atom is 0.317 e. The van der Waals surface area contributed by atoms with Gasteiger partial charge in [0.1, 0.15) is 0 Å². The first-order valence-corrected chi connectivity index (χ1v) is 7.21. The fourth-order valence-corrected chi connectivity index (χ4v) is 2.49. The predicted octanol–water partition coefficient (Wildman–Crippen LogP) is 1.08. The Labute approximate surface area is 121 Å². The topological polar surface area (TPSA) is 72.9 Å². The van der Waals surface area contributed by atoms with Crippen molar-refractivity contribution in [3.8, 4) is 0 Å². The maximum absolute atomic E-state index is 12.1. The van der Waals surface area contributed by atoms with E-state index in [0.29, 0.717) is 25.2 Å². The minimum atomic E-state index is -0.861. The van der Waals surface area contributed by atoms with Gasteiger partial charge in [-0.1, -0.05) is 13.8 Å². The second-order valence-electron chi connectivity index (χ2n) is 6.14. The van der Waals surface area contributed by atoms with Gasteiger partial charge in [-0.2, -0.15) is 0 Å². The molecule has 1 saturated heterocycles. The summed E-state index contributed by atoms with van der Waals surface area (Å²) in [7, 11) is 2.06. The van der Waals surface area contributed by atoms with Crippen LogP contribution in [-0.4, -0.2) is 65.7 Å². The van der Waals surface area contributed by atoms with Crippen LogP contribution in [0.2, 0.25) is 0 Å². The number of urea groups is 1. The normalized spacial score (nSPS) is 25.6. The van der Waals surface area contributed by atoms with Gasteiger partial charge in [0.2, 0.25) is 0 Å². The zero-order chi connectivity index (χ0) is 15.4. The molecule has 6 heteroatoms. The van der Waals surface area contributed by atoms with E-state index in [-0.39, 0.29) is 18.5 Å². The van der Waals surface area contributed by atoms with Gasteiger partial charge in [0.25, 0.3) is 0 Å². The Hall–Kier alpha value is -1.30. The Morgan fingerprint density at radius 3 is 2.15 bits per heavy atom. The number of likely N-dealkylation sites (N-methyl/N-ethyl adjacent to an activating group) is 1. The minimum absolute atomic E-state index is 0.00173. The molecule has 3 unspecified atom stereocenters. The summed E-state index contributed by atoms with van der Waals surface area (Å²) in [4.78, 5) is 27.3. The molecule has 1 aliphatic heterocycles.